The zero-order valence-electron chi connectivity index (χ0n) is 10.0. The Kier molecular flexibility index (Phi) is 5.10. The van der Waals surface area contributed by atoms with Gasteiger partial charge in [0.25, 0.3) is 5.91 Å². The summed E-state index contributed by atoms with van der Waals surface area (Å²) in [6.07, 6.45) is 2.15. The van der Waals surface area contributed by atoms with Crippen LogP contribution in [0.2, 0.25) is 0 Å². The van der Waals surface area contributed by atoms with E-state index in [1.54, 1.807) is 11.7 Å². The molecule has 0 saturated heterocycles. The fourth-order valence-corrected chi connectivity index (χ4v) is 2.67. The van der Waals surface area contributed by atoms with Crippen molar-refractivity contribution in [2.75, 3.05) is 6.61 Å². The summed E-state index contributed by atoms with van der Waals surface area (Å²) in [6.45, 7) is 0.509. The standard InChI is InChI=1S/C13H12N2O2S2/c16-5-2-1-3-10-4-6-18-12(10)13(17)15-8-11-7-14-9-19-11/h4,6-7,9,16H,2,5,8H2,(H,15,17). The first kappa shape index (κ1) is 13.7. The van der Waals surface area contributed by atoms with Gasteiger partial charge >= 0.3 is 0 Å². The van der Waals surface area contributed by atoms with Crippen LogP contribution in [0.4, 0.5) is 0 Å². The van der Waals surface area contributed by atoms with Gasteiger partial charge < -0.3 is 10.4 Å². The lowest BCUT2D eigenvalue weighted by Crippen LogP contribution is -2.22. The average Bonchev–Trinajstić information content (AvgIpc) is 3.07. The van der Waals surface area contributed by atoms with Gasteiger partial charge in [0.2, 0.25) is 0 Å². The van der Waals surface area contributed by atoms with Gasteiger partial charge in [0.1, 0.15) is 4.88 Å². The largest absolute Gasteiger partial charge is 0.395 e. The third-order valence-corrected chi connectivity index (χ3v) is 3.93. The number of amides is 1. The van der Waals surface area contributed by atoms with E-state index in [-0.39, 0.29) is 12.5 Å². The molecule has 0 radical (unpaired) electrons. The van der Waals surface area contributed by atoms with Gasteiger partial charge in [-0.05, 0) is 11.4 Å². The van der Waals surface area contributed by atoms with Gasteiger partial charge in [-0.3, -0.25) is 9.78 Å². The highest BCUT2D eigenvalue weighted by Gasteiger charge is 2.11. The molecule has 2 rings (SSSR count). The number of aliphatic hydroxyl groups excluding tert-OH is 1. The van der Waals surface area contributed by atoms with Crippen LogP contribution < -0.4 is 5.32 Å². The number of hydrogen-bond donors (Lipinski definition) is 2. The zero-order chi connectivity index (χ0) is 13.5. The van der Waals surface area contributed by atoms with Crippen molar-refractivity contribution in [1.29, 1.82) is 0 Å². The first-order valence-corrected chi connectivity index (χ1v) is 7.40. The molecule has 1 amide bonds. The Balaban J connectivity index is 1.99. The summed E-state index contributed by atoms with van der Waals surface area (Å²) in [5.74, 6) is 5.59. The van der Waals surface area contributed by atoms with Gasteiger partial charge in [0, 0.05) is 23.1 Å². The van der Waals surface area contributed by atoms with E-state index in [1.165, 1.54) is 22.7 Å². The summed E-state index contributed by atoms with van der Waals surface area (Å²) in [5, 5.41) is 13.4. The molecule has 0 unspecified atom stereocenters. The molecule has 2 heterocycles. The summed E-state index contributed by atoms with van der Waals surface area (Å²) in [5.41, 5.74) is 2.44. The van der Waals surface area contributed by atoms with Crippen LogP contribution in [-0.4, -0.2) is 22.6 Å². The van der Waals surface area contributed by atoms with Crippen LogP contribution in [0, 0.1) is 11.8 Å². The van der Waals surface area contributed by atoms with Crippen molar-refractivity contribution < 1.29 is 9.90 Å². The molecule has 2 aromatic heterocycles. The minimum Gasteiger partial charge on any atom is -0.395 e. The first-order chi connectivity index (χ1) is 9.31. The van der Waals surface area contributed by atoms with Crippen LogP contribution >= 0.6 is 22.7 Å². The topological polar surface area (TPSA) is 62.2 Å². The lowest BCUT2D eigenvalue weighted by atomic mass is 10.2. The maximum atomic E-state index is 12.0. The Morgan fingerprint density at radius 2 is 2.37 bits per heavy atom. The lowest BCUT2D eigenvalue weighted by Gasteiger charge is -2.01. The van der Waals surface area contributed by atoms with Gasteiger partial charge in [-0.1, -0.05) is 11.8 Å². The first-order valence-electron chi connectivity index (χ1n) is 5.64. The molecule has 2 N–H and O–H groups in total. The van der Waals surface area contributed by atoms with E-state index < -0.39 is 0 Å². The Morgan fingerprint density at radius 1 is 1.47 bits per heavy atom. The number of carbonyl (C=O) groups excluding carboxylic acids is 1. The van der Waals surface area contributed by atoms with Gasteiger partial charge in [-0.15, -0.1) is 22.7 Å². The van der Waals surface area contributed by atoms with E-state index in [9.17, 15) is 4.79 Å². The number of hydrogen-bond acceptors (Lipinski definition) is 5. The molecular formula is C13H12N2O2S2. The molecule has 0 spiro atoms. The SMILES string of the molecule is O=C(NCc1cncs1)c1sccc1C#CCCO. The fraction of sp³-hybridized carbons (Fsp3) is 0.231. The molecule has 0 atom stereocenters. The van der Waals surface area contributed by atoms with Crippen molar-refractivity contribution in [2.45, 2.75) is 13.0 Å². The number of aromatic nitrogens is 1. The number of thiazole rings is 1. The van der Waals surface area contributed by atoms with Crippen LogP contribution in [0.5, 0.6) is 0 Å². The van der Waals surface area contributed by atoms with Crippen molar-refractivity contribution in [3.05, 3.63) is 38.5 Å². The lowest BCUT2D eigenvalue weighted by molar-refractivity contribution is 0.0955. The van der Waals surface area contributed by atoms with Gasteiger partial charge in [0.15, 0.2) is 0 Å². The second-order valence-electron chi connectivity index (χ2n) is 3.59. The minimum atomic E-state index is -0.128. The van der Waals surface area contributed by atoms with Crippen LogP contribution in [-0.2, 0) is 6.54 Å². The van der Waals surface area contributed by atoms with E-state index in [4.69, 9.17) is 5.11 Å². The summed E-state index contributed by atoms with van der Waals surface area (Å²) >= 11 is 2.87. The number of nitrogens with zero attached hydrogens (tertiary/aromatic N) is 1. The van der Waals surface area contributed by atoms with Crippen LogP contribution in [0.3, 0.4) is 0 Å². The van der Waals surface area contributed by atoms with Gasteiger partial charge in [-0.2, -0.15) is 0 Å². The molecule has 0 aliphatic heterocycles. The van der Waals surface area contributed by atoms with Crippen molar-refractivity contribution in [2.24, 2.45) is 0 Å². The van der Waals surface area contributed by atoms with Crippen molar-refractivity contribution in [3.8, 4) is 11.8 Å². The molecule has 2 aromatic rings. The number of aliphatic hydroxyl groups is 1. The predicted molar refractivity (Wildman–Crippen MR) is 76.2 cm³/mol. The average molecular weight is 292 g/mol. The zero-order valence-corrected chi connectivity index (χ0v) is 11.7. The van der Waals surface area contributed by atoms with Crippen molar-refractivity contribution >= 4 is 28.6 Å². The second kappa shape index (κ2) is 7.04. The van der Waals surface area contributed by atoms with E-state index in [0.717, 1.165) is 4.88 Å². The molecule has 4 nitrogen and oxygen atoms in total. The quantitative estimate of drug-likeness (QED) is 0.846. The van der Waals surface area contributed by atoms with Crippen LogP contribution in [0.1, 0.15) is 26.5 Å². The van der Waals surface area contributed by atoms with E-state index in [0.29, 0.717) is 23.4 Å². The van der Waals surface area contributed by atoms with Crippen molar-refractivity contribution in [1.82, 2.24) is 10.3 Å². The maximum absolute atomic E-state index is 12.0. The molecule has 19 heavy (non-hydrogen) atoms. The highest BCUT2D eigenvalue weighted by Crippen LogP contribution is 2.16. The third-order valence-electron chi connectivity index (χ3n) is 2.24. The number of rotatable bonds is 4. The minimum absolute atomic E-state index is 0.0318. The Labute approximate surface area is 119 Å². The number of nitrogens with one attached hydrogen (secondary N) is 1. The molecular weight excluding hydrogens is 280 g/mol. The molecule has 0 aliphatic rings. The monoisotopic (exact) mass is 292 g/mol. The van der Waals surface area contributed by atoms with Gasteiger partial charge in [-0.25, -0.2) is 0 Å². The van der Waals surface area contributed by atoms with Crippen LogP contribution in [0.15, 0.2) is 23.2 Å². The van der Waals surface area contributed by atoms with Crippen molar-refractivity contribution in [3.63, 3.8) is 0 Å². The molecule has 0 aromatic carbocycles. The number of carbonyl (C=O) groups is 1. The number of thiophene rings is 1. The Bertz CT molecular complexity index is 594. The second-order valence-corrected chi connectivity index (χ2v) is 5.48. The Hall–Kier alpha value is -1.68. The molecule has 98 valence electrons. The van der Waals surface area contributed by atoms with E-state index in [2.05, 4.69) is 22.1 Å². The maximum Gasteiger partial charge on any atom is 0.262 e. The summed E-state index contributed by atoms with van der Waals surface area (Å²) in [7, 11) is 0. The van der Waals surface area contributed by atoms with E-state index >= 15 is 0 Å². The summed E-state index contributed by atoms with van der Waals surface area (Å²) in [4.78, 5) is 17.6. The highest BCUT2D eigenvalue weighted by atomic mass is 32.1. The third kappa shape index (κ3) is 3.89. The normalized spacial score (nSPS) is 9.74. The predicted octanol–water partition coefficient (Wildman–Crippen LogP) is 1.87. The van der Waals surface area contributed by atoms with E-state index in [1.807, 2.05) is 11.4 Å². The molecule has 0 aliphatic carbocycles. The molecule has 0 saturated carbocycles. The highest BCUT2D eigenvalue weighted by molar-refractivity contribution is 7.12. The smallest absolute Gasteiger partial charge is 0.262 e. The summed E-state index contributed by atoms with van der Waals surface area (Å²) < 4.78 is 0. The summed E-state index contributed by atoms with van der Waals surface area (Å²) in [6, 6.07) is 1.82. The molecule has 6 heteroatoms. The Morgan fingerprint density at radius 3 is 3.11 bits per heavy atom. The molecule has 0 bridgehead atoms. The molecule has 0 fully saturated rings. The van der Waals surface area contributed by atoms with Gasteiger partial charge in [0.05, 0.1) is 18.7 Å². The van der Waals surface area contributed by atoms with Crippen LogP contribution in [0.25, 0.3) is 0 Å². The fourth-order valence-electron chi connectivity index (χ4n) is 1.37.